The number of fused-ring (bicyclic) bond motifs is 3. The molecule has 4 aromatic rings. The first kappa shape index (κ1) is 34.2. The Labute approximate surface area is 283 Å². The van der Waals surface area contributed by atoms with Crippen LogP contribution >= 0.6 is 0 Å². The fourth-order valence-corrected chi connectivity index (χ4v) is 5.50. The van der Waals surface area contributed by atoms with Gasteiger partial charge in [0.15, 0.2) is 0 Å². The van der Waals surface area contributed by atoms with E-state index in [1.807, 2.05) is 60.7 Å². The molecule has 5 rings (SSSR count). The van der Waals surface area contributed by atoms with Crippen molar-refractivity contribution in [1.29, 1.82) is 0 Å². The van der Waals surface area contributed by atoms with E-state index < -0.39 is 36.3 Å². The van der Waals surface area contributed by atoms with E-state index in [4.69, 9.17) is 19.9 Å². The van der Waals surface area contributed by atoms with Crippen molar-refractivity contribution < 1.29 is 38.5 Å². The van der Waals surface area contributed by atoms with Crippen LogP contribution < -0.4 is 11.1 Å². The molecule has 0 heterocycles. The van der Waals surface area contributed by atoms with Gasteiger partial charge in [0.1, 0.15) is 25.9 Å². The fraction of sp³-hybridized carbons (Fsp3) is 0.216. The summed E-state index contributed by atoms with van der Waals surface area (Å²) in [6.07, 6.45) is -2.89. The minimum absolute atomic E-state index is 0.0145. The molecule has 12 heteroatoms. The first-order valence-electron chi connectivity index (χ1n) is 15.7. The summed E-state index contributed by atoms with van der Waals surface area (Å²) >= 11 is 0. The third-order valence-electron chi connectivity index (χ3n) is 7.92. The van der Waals surface area contributed by atoms with Gasteiger partial charge in [-0.05, 0) is 46.2 Å². The molecular formula is C37H36N4O8. The van der Waals surface area contributed by atoms with Gasteiger partial charge in [-0.1, -0.05) is 109 Å². The highest BCUT2D eigenvalue weighted by Gasteiger charge is 2.30. The van der Waals surface area contributed by atoms with Gasteiger partial charge in [-0.25, -0.2) is 24.1 Å². The molecule has 1 aliphatic rings. The third kappa shape index (κ3) is 9.22. The molecule has 3 amide bonds. The van der Waals surface area contributed by atoms with Crippen LogP contribution in [0.15, 0.2) is 114 Å². The van der Waals surface area contributed by atoms with Crippen LogP contribution in [0.1, 0.15) is 41.0 Å². The highest BCUT2D eigenvalue weighted by atomic mass is 16.6. The molecule has 1 unspecified atom stereocenters. The summed E-state index contributed by atoms with van der Waals surface area (Å²) in [5.41, 5.74) is 11.7. The summed E-state index contributed by atoms with van der Waals surface area (Å²) in [4.78, 5) is 55.0. The van der Waals surface area contributed by atoms with Crippen molar-refractivity contribution in [3.8, 4) is 11.1 Å². The van der Waals surface area contributed by atoms with Crippen molar-refractivity contribution in [1.82, 2.24) is 10.2 Å². The van der Waals surface area contributed by atoms with E-state index in [0.717, 1.165) is 32.7 Å². The number of nitrogens with two attached hydrogens (primary N) is 1. The Bertz CT molecular complexity index is 1750. The maximum atomic E-state index is 13.1. The Kier molecular flexibility index (Phi) is 11.6. The molecule has 49 heavy (non-hydrogen) atoms. The third-order valence-corrected chi connectivity index (χ3v) is 7.92. The molecule has 1 atom stereocenters. The van der Waals surface area contributed by atoms with E-state index in [2.05, 4.69) is 10.3 Å². The van der Waals surface area contributed by atoms with Gasteiger partial charge in [-0.15, -0.1) is 4.99 Å². The number of rotatable bonds is 12. The Morgan fingerprint density at radius 3 is 1.86 bits per heavy atom. The molecule has 0 saturated carbocycles. The molecule has 0 spiro atoms. The number of guanidine groups is 1. The number of carbonyl (C=O) groups is 4. The Morgan fingerprint density at radius 2 is 1.29 bits per heavy atom. The highest BCUT2D eigenvalue weighted by molar-refractivity contribution is 5.98. The molecule has 4 N–H and O–H groups in total. The number of carbonyl (C=O) groups excluding carboxylic acids is 3. The van der Waals surface area contributed by atoms with Crippen molar-refractivity contribution in [2.45, 2.75) is 38.0 Å². The maximum Gasteiger partial charge on any atom is 0.437 e. The van der Waals surface area contributed by atoms with Gasteiger partial charge in [-0.2, -0.15) is 0 Å². The van der Waals surface area contributed by atoms with Gasteiger partial charge in [0.25, 0.3) is 0 Å². The van der Waals surface area contributed by atoms with Gasteiger partial charge in [0.2, 0.25) is 5.96 Å². The second-order valence-electron chi connectivity index (χ2n) is 11.2. The molecule has 0 radical (unpaired) electrons. The Balaban J connectivity index is 1.18. The van der Waals surface area contributed by atoms with E-state index >= 15 is 0 Å². The zero-order valence-electron chi connectivity index (χ0n) is 26.6. The highest BCUT2D eigenvalue weighted by Crippen LogP contribution is 2.44. The van der Waals surface area contributed by atoms with Gasteiger partial charge < -0.3 is 30.4 Å². The number of aliphatic carboxylic acids is 1. The summed E-state index contributed by atoms with van der Waals surface area (Å²) in [7, 11) is 0. The number of hydrogen-bond donors (Lipinski definition) is 3. The molecule has 0 aromatic heterocycles. The van der Waals surface area contributed by atoms with Crippen LogP contribution in [0.2, 0.25) is 0 Å². The molecule has 252 valence electrons. The van der Waals surface area contributed by atoms with Crippen molar-refractivity contribution in [2.75, 3.05) is 13.2 Å². The minimum Gasteiger partial charge on any atom is -0.480 e. The minimum atomic E-state index is -1.34. The van der Waals surface area contributed by atoms with Crippen molar-refractivity contribution >= 4 is 30.2 Å². The lowest BCUT2D eigenvalue weighted by Crippen LogP contribution is -2.45. The van der Waals surface area contributed by atoms with E-state index in [0.29, 0.717) is 5.56 Å². The standard InChI is InChI=1S/C37H36N4O8/c38-34(40-36(45)47-22-25-12-3-1-4-13-25)41(37(46)49-23-26-14-5-2-6-15-26)21-11-20-32(33(42)43)39-35(44)48-24-31-29-18-9-7-16-27(29)28-17-8-10-19-30(28)31/h1-10,12-19,31-32H,11,20-24H2,(H,39,44)(H,42,43)(H2,38,40,45). The molecule has 12 nitrogen and oxygen atoms in total. The summed E-state index contributed by atoms with van der Waals surface area (Å²) in [6.45, 7) is -0.300. The molecule has 1 aliphatic carbocycles. The smallest absolute Gasteiger partial charge is 0.437 e. The fourth-order valence-electron chi connectivity index (χ4n) is 5.50. The number of hydrogen-bond acceptors (Lipinski definition) is 7. The number of alkyl carbamates (subject to hydrolysis) is 1. The molecule has 0 saturated heterocycles. The van der Waals surface area contributed by atoms with E-state index in [1.165, 1.54) is 0 Å². The lowest BCUT2D eigenvalue weighted by Gasteiger charge is -2.22. The molecule has 0 fully saturated rings. The molecule has 4 aromatic carbocycles. The van der Waals surface area contributed by atoms with Crippen LogP contribution in [0.5, 0.6) is 0 Å². The van der Waals surface area contributed by atoms with E-state index in [-0.39, 0.29) is 45.1 Å². The van der Waals surface area contributed by atoms with Gasteiger partial charge in [-0.3, -0.25) is 0 Å². The predicted molar refractivity (Wildman–Crippen MR) is 180 cm³/mol. The van der Waals surface area contributed by atoms with Crippen LogP contribution in [0.25, 0.3) is 11.1 Å². The number of amides is 3. The van der Waals surface area contributed by atoms with Gasteiger partial charge in [0, 0.05) is 12.5 Å². The number of ether oxygens (including phenoxy) is 3. The van der Waals surface area contributed by atoms with Crippen molar-refractivity contribution in [3.63, 3.8) is 0 Å². The summed E-state index contributed by atoms with van der Waals surface area (Å²) in [6, 6.07) is 32.3. The first-order valence-corrected chi connectivity index (χ1v) is 15.7. The first-order chi connectivity index (χ1) is 23.8. The topological polar surface area (TPSA) is 170 Å². The second kappa shape index (κ2) is 16.6. The van der Waals surface area contributed by atoms with Crippen molar-refractivity contribution in [2.24, 2.45) is 10.7 Å². The van der Waals surface area contributed by atoms with Crippen molar-refractivity contribution in [3.05, 3.63) is 131 Å². The average molecular weight is 665 g/mol. The van der Waals surface area contributed by atoms with Gasteiger partial charge >= 0.3 is 24.2 Å². The van der Waals surface area contributed by atoms with Crippen LogP contribution in [0.3, 0.4) is 0 Å². The predicted octanol–water partition coefficient (Wildman–Crippen LogP) is 6.05. The molecule has 0 aliphatic heterocycles. The maximum absolute atomic E-state index is 13.1. The zero-order chi connectivity index (χ0) is 34.6. The number of nitrogens with zero attached hydrogens (tertiary/aromatic N) is 2. The summed E-state index contributed by atoms with van der Waals surface area (Å²) in [5.74, 6) is -1.98. The SMILES string of the molecule is N/C(=N\C(=O)OCc1ccccc1)N(CCCC(NC(=O)OCC1c2ccccc2-c2ccccc21)C(=O)O)C(=O)OCc1ccccc1. The van der Waals surface area contributed by atoms with E-state index in [1.54, 1.807) is 48.5 Å². The molecular weight excluding hydrogens is 628 g/mol. The monoisotopic (exact) mass is 664 g/mol. The van der Waals surface area contributed by atoms with Crippen LogP contribution in [-0.4, -0.2) is 59.4 Å². The van der Waals surface area contributed by atoms with Crippen LogP contribution in [0, 0.1) is 0 Å². The molecule has 0 bridgehead atoms. The Morgan fingerprint density at radius 1 is 0.755 bits per heavy atom. The largest absolute Gasteiger partial charge is 0.480 e. The number of nitrogens with one attached hydrogen (secondary N) is 1. The van der Waals surface area contributed by atoms with Gasteiger partial charge in [0.05, 0.1) is 0 Å². The lowest BCUT2D eigenvalue weighted by atomic mass is 9.98. The summed E-state index contributed by atoms with van der Waals surface area (Å²) < 4.78 is 16.0. The zero-order valence-corrected chi connectivity index (χ0v) is 26.6. The Hall–Kier alpha value is -6.17. The average Bonchev–Trinajstić information content (AvgIpc) is 3.44. The summed E-state index contributed by atoms with van der Waals surface area (Å²) in [5, 5.41) is 12.2. The number of benzene rings is 4. The lowest BCUT2D eigenvalue weighted by molar-refractivity contribution is -0.139. The van der Waals surface area contributed by atoms with Crippen LogP contribution in [-0.2, 0) is 32.2 Å². The second-order valence-corrected chi connectivity index (χ2v) is 11.2. The number of carboxylic acid groups (broad SMARTS) is 1. The van der Waals surface area contributed by atoms with Crippen LogP contribution in [0.4, 0.5) is 14.4 Å². The quantitative estimate of drug-likeness (QED) is 0.0927. The number of aliphatic imine (C=N–C) groups is 1. The number of carboxylic acids is 1. The van der Waals surface area contributed by atoms with E-state index in [9.17, 15) is 24.3 Å². The normalized spacial score (nSPS) is 12.6.